The molecule has 0 spiro atoms. The molecule has 1 aromatic heterocycles. The van der Waals surface area contributed by atoms with Gasteiger partial charge in [-0.15, -0.1) is 0 Å². The average molecular weight is 301 g/mol. The molecule has 0 unspecified atom stereocenters. The second-order valence-electron chi connectivity index (χ2n) is 3.87. The summed E-state index contributed by atoms with van der Waals surface area (Å²) in [5.41, 5.74) is -1.41. The average Bonchev–Trinajstić information content (AvgIpc) is 2.85. The van der Waals surface area contributed by atoms with Gasteiger partial charge in [0.2, 0.25) is 5.13 Å². The summed E-state index contributed by atoms with van der Waals surface area (Å²) in [6, 6.07) is 4.61. The Kier molecular flexibility index (Phi) is 4.03. The topological polar surface area (TPSA) is 54.9 Å². The molecule has 8 heteroatoms. The largest absolute Gasteiger partial charge is 0.417 e. The van der Waals surface area contributed by atoms with Crippen molar-refractivity contribution in [2.75, 3.05) is 5.32 Å². The number of carbonyl (C=O) groups excluding carboxylic acids is 1. The summed E-state index contributed by atoms with van der Waals surface area (Å²) in [4.78, 5) is 15.9. The van der Waals surface area contributed by atoms with Gasteiger partial charge in [-0.05, 0) is 12.1 Å². The number of hydrogen-bond donors (Lipinski definition) is 1. The Labute approximate surface area is 116 Å². The Bertz CT molecular complexity index is 624. The molecule has 106 valence electrons. The number of hydrogen-bond acceptors (Lipinski definition) is 4. The molecular weight excluding hydrogens is 291 g/mol. The van der Waals surface area contributed by atoms with E-state index in [2.05, 4.69) is 14.7 Å². The minimum Gasteiger partial charge on any atom is -0.297 e. The van der Waals surface area contributed by atoms with Crippen molar-refractivity contribution in [1.82, 2.24) is 9.36 Å². The predicted molar refractivity (Wildman–Crippen MR) is 68.7 cm³/mol. The van der Waals surface area contributed by atoms with Gasteiger partial charge in [0.25, 0.3) is 5.91 Å². The summed E-state index contributed by atoms with van der Waals surface area (Å²) >= 11 is 0.936. The first kappa shape index (κ1) is 14.4. The zero-order valence-electron chi connectivity index (χ0n) is 10.4. The first-order valence-corrected chi connectivity index (χ1v) is 6.49. The SMILES string of the molecule is CCc1nsc(NC(=O)c2ccccc2C(F)(F)F)n1. The lowest BCUT2D eigenvalue weighted by Gasteiger charge is -2.11. The zero-order valence-corrected chi connectivity index (χ0v) is 11.2. The van der Waals surface area contributed by atoms with E-state index in [1.165, 1.54) is 12.1 Å². The van der Waals surface area contributed by atoms with Crippen molar-refractivity contribution in [3.8, 4) is 0 Å². The van der Waals surface area contributed by atoms with Gasteiger partial charge in [-0.3, -0.25) is 10.1 Å². The van der Waals surface area contributed by atoms with E-state index in [1.54, 1.807) is 0 Å². The lowest BCUT2D eigenvalue weighted by Crippen LogP contribution is -2.18. The van der Waals surface area contributed by atoms with Crippen LogP contribution < -0.4 is 5.32 Å². The molecule has 2 aromatic rings. The van der Waals surface area contributed by atoms with Crippen LogP contribution in [0, 0.1) is 0 Å². The van der Waals surface area contributed by atoms with E-state index in [4.69, 9.17) is 0 Å². The van der Waals surface area contributed by atoms with Crippen LogP contribution in [0.2, 0.25) is 0 Å². The molecule has 0 saturated carbocycles. The van der Waals surface area contributed by atoms with Crippen molar-refractivity contribution in [3.05, 3.63) is 41.2 Å². The molecule has 0 saturated heterocycles. The number of aryl methyl sites for hydroxylation is 1. The number of benzene rings is 1. The van der Waals surface area contributed by atoms with Crippen LogP contribution >= 0.6 is 11.5 Å². The fourth-order valence-electron chi connectivity index (χ4n) is 1.54. The Balaban J connectivity index is 2.25. The van der Waals surface area contributed by atoms with Crippen LogP contribution in [0.25, 0.3) is 0 Å². The van der Waals surface area contributed by atoms with Gasteiger partial charge >= 0.3 is 6.18 Å². The van der Waals surface area contributed by atoms with Gasteiger partial charge in [-0.1, -0.05) is 19.1 Å². The van der Waals surface area contributed by atoms with E-state index in [-0.39, 0.29) is 5.13 Å². The van der Waals surface area contributed by atoms with Crippen molar-refractivity contribution < 1.29 is 18.0 Å². The highest BCUT2D eigenvalue weighted by Gasteiger charge is 2.34. The van der Waals surface area contributed by atoms with Gasteiger partial charge in [0, 0.05) is 18.0 Å². The smallest absolute Gasteiger partial charge is 0.297 e. The molecular formula is C12H10F3N3OS. The summed E-state index contributed by atoms with van der Waals surface area (Å²) in [6.07, 6.45) is -3.99. The Hall–Kier alpha value is -1.96. The summed E-state index contributed by atoms with van der Waals surface area (Å²) in [6.45, 7) is 1.84. The maximum atomic E-state index is 12.8. The molecule has 1 N–H and O–H groups in total. The first-order valence-electron chi connectivity index (χ1n) is 5.72. The van der Waals surface area contributed by atoms with Crippen LogP contribution in [0.5, 0.6) is 0 Å². The second kappa shape index (κ2) is 5.58. The Morgan fingerprint density at radius 1 is 1.35 bits per heavy atom. The van der Waals surface area contributed by atoms with Crippen LogP contribution in [-0.2, 0) is 12.6 Å². The molecule has 0 radical (unpaired) electrons. The number of aromatic nitrogens is 2. The van der Waals surface area contributed by atoms with Crippen LogP contribution in [0.1, 0.15) is 28.7 Å². The maximum absolute atomic E-state index is 12.8. The van der Waals surface area contributed by atoms with Crippen LogP contribution in [0.4, 0.5) is 18.3 Å². The maximum Gasteiger partial charge on any atom is 0.417 e. The lowest BCUT2D eigenvalue weighted by molar-refractivity contribution is -0.137. The molecule has 1 amide bonds. The Morgan fingerprint density at radius 3 is 2.65 bits per heavy atom. The summed E-state index contributed by atoms with van der Waals surface area (Å²) in [7, 11) is 0. The molecule has 4 nitrogen and oxygen atoms in total. The third-order valence-electron chi connectivity index (χ3n) is 2.48. The molecule has 0 aliphatic carbocycles. The number of rotatable bonds is 3. The Morgan fingerprint density at radius 2 is 2.05 bits per heavy atom. The van der Waals surface area contributed by atoms with Crippen molar-refractivity contribution in [1.29, 1.82) is 0 Å². The minimum atomic E-state index is -4.58. The quantitative estimate of drug-likeness (QED) is 0.945. The van der Waals surface area contributed by atoms with Crippen LogP contribution in [0.3, 0.4) is 0 Å². The summed E-state index contributed by atoms with van der Waals surface area (Å²) in [5.74, 6) is -0.314. The highest BCUT2D eigenvalue weighted by molar-refractivity contribution is 7.09. The molecule has 2 rings (SSSR count). The molecule has 20 heavy (non-hydrogen) atoms. The zero-order chi connectivity index (χ0) is 14.8. The fraction of sp³-hybridized carbons (Fsp3) is 0.250. The molecule has 0 bridgehead atoms. The summed E-state index contributed by atoms with van der Waals surface area (Å²) in [5, 5.41) is 2.52. The van der Waals surface area contributed by atoms with E-state index in [0.29, 0.717) is 12.2 Å². The summed E-state index contributed by atoms with van der Waals surface area (Å²) < 4.78 is 42.3. The molecule has 0 aliphatic heterocycles. The van der Waals surface area contributed by atoms with Crippen molar-refractivity contribution >= 4 is 22.6 Å². The van der Waals surface area contributed by atoms with Gasteiger partial charge in [-0.2, -0.15) is 17.5 Å². The minimum absolute atomic E-state index is 0.184. The molecule has 1 aromatic carbocycles. The number of anilines is 1. The number of nitrogens with zero attached hydrogens (tertiary/aromatic N) is 2. The number of nitrogens with one attached hydrogen (secondary N) is 1. The number of halogens is 3. The van der Waals surface area contributed by atoms with E-state index >= 15 is 0 Å². The highest BCUT2D eigenvalue weighted by atomic mass is 32.1. The standard InChI is InChI=1S/C12H10F3N3OS/c1-2-9-16-11(20-18-9)17-10(19)7-5-3-4-6-8(7)12(13,14)15/h3-6H,2H2,1H3,(H,16,17,18,19). The predicted octanol–water partition coefficient (Wildman–Crippen LogP) is 3.37. The van der Waals surface area contributed by atoms with Gasteiger partial charge < -0.3 is 0 Å². The molecule has 1 heterocycles. The fourth-order valence-corrected chi connectivity index (χ4v) is 2.19. The van der Waals surface area contributed by atoms with E-state index in [0.717, 1.165) is 23.7 Å². The first-order chi connectivity index (χ1) is 9.41. The lowest BCUT2D eigenvalue weighted by atomic mass is 10.1. The molecule has 0 fully saturated rings. The third-order valence-corrected chi connectivity index (χ3v) is 3.15. The van der Waals surface area contributed by atoms with Gasteiger partial charge in [0.15, 0.2) is 0 Å². The number of alkyl halides is 3. The molecule has 0 aliphatic rings. The number of carbonyl (C=O) groups is 1. The third kappa shape index (κ3) is 3.13. The van der Waals surface area contributed by atoms with Gasteiger partial charge in [0.1, 0.15) is 5.82 Å². The van der Waals surface area contributed by atoms with Crippen molar-refractivity contribution in [2.45, 2.75) is 19.5 Å². The highest BCUT2D eigenvalue weighted by Crippen LogP contribution is 2.32. The van der Waals surface area contributed by atoms with Crippen LogP contribution in [0.15, 0.2) is 24.3 Å². The molecule has 0 atom stereocenters. The van der Waals surface area contributed by atoms with Crippen LogP contribution in [-0.4, -0.2) is 15.3 Å². The van der Waals surface area contributed by atoms with E-state index < -0.39 is 23.2 Å². The van der Waals surface area contributed by atoms with Crippen molar-refractivity contribution in [3.63, 3.8) is 0 Å². The number of amides is 1. The van der Waals surface area contributed by atoms with Crippen molar-refractivity contribution in [2.24, 2.45) is 0 Å². The van der Waals surface area contributed by atoms with Gasteiger partial charge in [-0.25, -0.2) is 4.98 Å². The van der Waals surface area contributed by atoms with E-state index in [1.807, 2.05) is 6.92 Å². The van der Waals surface area contributed by atoms with E-state index in [9.17, 15) is 18.0 Å². The monoisotopic (exact) mass is 301 g/mol. The normalized spacial score (nSPS) is 11.4. The van der Waals surface area contributed by atoms with Gasteiger partial charge in [0.05, 0.1) is 11.1 Å². The second-order valence-corrected chi connectivity index (χ2v) is 4.62.